The highest BCUT2D eigenvalue weighted by atomic mass is 16.5. The second-order valence-electron chi connectivity index (χ2n) is 3.13. The van der Waals surface area contributed by atoms with Crippen LogP contribution in [-0.4, -0.2) is 21.9 Å². The summed E-state index contributed by atoms with van der Waals surface area (Å²) in [7, 11) is 3.41. The van der Waals surface area contributed by atoms with Gasteiger partial charge in [-0.1, -0.05) is 0 Å². The van der Waals surface area contributed by atoms with E-state index in [-0.39, 0.29) is 0 Å². The Kier molecular flexibility index (Phi) is 2.29. The van der Waals surface area contributed by atoms with Crippen LogP contribution >= 0.6 is 0 Å². The minimum absolute atomic E-state index is 0.549. The molecule has 0 unspecified atom stereocenters. The first-order valence-corrected chi connectivity index (χ1v) is 4.51. The van der Waals surface area contributed by atoms with Gasteiger partial charge in [-0.05, 0) is 12.1 Å². The van der Waals surface area contributed by atoms with Crippen LogP contribution in [0.3, 0.4) is 0 Å². The van der Waals surface area contributed by atoms with Crippen LogP contribution in [0.25, 0.3) is 11.3 Å². The molecule has 0 aliphatic rings. The van der Waals surface area contributed by atoms with Crippen molar-refractivity contribution in [2.75, 3.05) is 12.8 Å². The van der Waals surface area contributed by atoms with Crippen molar-refractivity contribution in [3.8, 4) is 17.1 Å². The molecule has 0 radical (unpaired) electrons. The van der Waals surface area contributed by atoms with Gasteiger partial charge in [-0.3, -0.25) is 4.68 Å². The Labute approximate surface area is 87.5 Å². The van der Waals surface area contributed by atoms with Crippen molar-refractivity contribution in [2.45, 2.75) is 0 Å². The fourth-order valence-corrected chi connectivity index (χ4v) is 1.52. The number of ether oxygens (including phenoxy) is 1. The number of nitrogens with zero attached hydrogens (tertiary/aromatic N) is 3. The van der Waals surface area contributed by atoms with E-state index in [1.807, 2.05) is 19.2 Å². The maximum absolute atomic E-state index is 5.83. The molecule has 0 fully saturated rings. The number of nitrogens with two attached hydrogens (primary N) is 1. The predicted molar refractivity (Wildman–Crippen MR) is 57.4 cm³/mol. The molecular formula is C10H12N4O. The summed E-state index contributed by atoms with van der Waals surface area (Å²) in [6.07, 6.45) is 3.29. The summed E-state index contributed by atoms with van der Waals surface area (Å²) in [6.45, 7) is 0. The van der Waals surface area contributed by atoms with Gasteiger partial charge in [0.15, 0.2) is 0 Å². The van der Waals surface area contributed by atoms with Crippen LogP contribution in [0.5, 0.6) is 5.88 Å². The Morgan fingerprint density at radius 2 is 2.27 bits per heavy atom. The molecule has 2 aromatic rings. The zero-order chi connectivity index (χ0) is 10.8. The van der Waals surface area contributed by atoms with Crippen molar-refractivity contribution in [3.63, 3.8) is 0 Å². The average Bonchev–Trinajstić information content (AvgIpc) is 2.59. The Hall–Kier alpha value is -2.04. The molecule has 2 heterocycles. The lowest BCUT2D eigenvalue weighted by molar-refractivity contribution is 0.399. The first kappa shape index (κ1) is 9.51. The van der Waals surface area contributed by atoms with Crippen LogP contribution in [0.15, 0.2) is 24.5 Å². The number of hydrogen-bond donors (Lipinski definition) is 1. The second-order valence-corrected chi connectivity index (χ2v) is 3.13. The van der Waals surface area contributed by atoms with E-state index in [0.29, 0.717) is 11.6 Å². The summed E-state index contributed by atoms with van der Waals surface area (Å²) in [5, 5.41) is 4.08. The predicted octanol–water partition coefficient (Wildman–Crippen LogP) is 1.07. The molecule has 5 nitrogen and oxygen atoms in total. The van der Waals surface area contributed by atoms with Crippen molar-refractivity contribution >= 4 is 5.69 Å². The maximum atomic E-state index is 5.83. The van der Waals surface area contributed by atoms with E-state index < -0.39 is 0 Å². The Morgan fingerprint density at radius 1 is 1.47 bits per heavy atom. The summed E-state index contributed by atoms with van der Waals surface area (Å²) < 4.78 is 6.87. The summed E-state index contributed by atoms with van der Waals surface area (Å²) in [4.78, 5) is 4.12. The van der Waals surface area contributed by atoms with Crippen molar-refractivity contribution < 1.29 is 4.74 Å². The highest BCUT2D eigenvalue weighted by Crippen LogP contribution is 2.30. The number of rotatable bonds is 2. The molecule has 2 aromatic heterocycles. The third-order valence-electron chi connectivity index (χ3n) is 2.19. The third kappa shape index (κ3) is 1.52. The first-order valence-electron chi connectivity index (χ1n) is 4.51. The van der Waals surface area contributed by atoms with Crippen molar-refractivity contribution in [2.24, 2.45) is 7.05 Å². The molecule has 0 aliphatic carbocycles. The number of anilines is 1. The molecule has 0 atom stereocenters. The number of methoxy groups -OCH3 is 1. The van der Waals surface area contributed by atoms with Crippen LogP contribution in [0.2, 0.25) is 0 Å². The summed E-state index contributed by atoms with van der Waals surface area (Å²) in [6, 6.07) is 3.74. The second kappa shape index (κ2) is 3.61. The molecule has 0 amide bonds. The molecule has 2 N–H and O–H groups in total. The highest BCUT2D eigenvalue weighted by molar-refractivity contribution is 5.75. The molecule has 0 bridgehead atoms. The van der Waals surface area contributed by atoms with Crippen molar-refractivity contribution in [1.82, 2.24) is 14.8 Å². The zero-order valence-corrected chi connectivity index (χ0v) is 8.64. The molecule has 0 aliphatic heterocycles. The molecule has 78 valence electrons. The van der Waals surface area contributed by atoms with Crippen LogP contribution in [0.4, 0.5) is 5.69 Å². The van der Waals surface area contributed by atoms with Crippen molar-refractivity contribution in [1.29, 1.82) is 0 Å². The van der Waals surface area contributed by atoms with Gasteiger partial charge >= 0.3 is 0 Å². The SMILES string of the molecule is COc1ncccc1-c1c(N)cnn1C. The van der Waals surface area contributed by atoms with Gasteiger partial charge in [-0.25, -0.2) is 4.98 Å². The number of pyridine rings is 1. The minimum atomic E-state index is 0.549. The molecule has 0 saturated heterocycles. The maximum Gasteiger partial charge on any atom is 0.222 e. The highest BCUT2D eigenvalue weighted by Gasteiger charge is 2.13. The van der Waals surface area contributed by atoms with Crippen LogP contribution in [-0.2, 0) is 7.05 Å². The van der Waals surface area contributed by atoms with E-state index in [1.165, 1.54) is 0 Å². The molecule has 0 aromatic carbocycles. The molecule has 15 heavy (non-hydrogen) atoms. The van der Waals surface area contributed by atoms with Gasteiger partial charge in [0.25, 0.3) is 0 Å². The summed E-state index contributed by atoms with van der Waals surface area (Å²) in [5.74, 6) is 0.549. The zero-order valence-electron chi connectivity index (χ0n) is 8.64. The molecule has 0 saturated carbocycles. The van der Waals surface area contributed by atoms with E-state index in [0.717, 1.165) is 11.3 Å². The van der Waals surface area contributed by atoms with Crippen LogP contribution in [0.1, 0.15) is 0 Å². The lowest BCUT2D eigenvalue weighted by Gasteiger charge is -2.07. The smallest absolute Gasteiger partial charge is 0.222 e. The average molecular weight is 204 g/mol. The van der Waals surface area contributed by atoms with Crippen LogP contribution < -0.4 is 10.5 Å². The van der Waals surface area contributed by atoms with Gasteiger partial charge in [-0.2, -0.15) is 5.10 Å². The van der Waals surface area contributed by atoms with E-state index in [1.54, 1.807) is 24.2 Å². The fourth-order valence-electron chi connectivity index (χ4n) is 1.52. The summed E-state index contributed by atoms with van der Waals surface area (Å²) in [5.41, 5.74) is 8.11. The molecule has 5 heteroatoms. The number of aromatic nitrogens is 3. The topological polar surface area (TPSA) is 66.0 Å². The molecular weight excluding hydrogens is 192 g/mol. The number of hydrogen-bond acceptors (Lipinski definition) is 4. The first-order chi connectivity index (χ1) is 7.24. The lowest BCUT2D eigenvalue weighted by atomic mass is 10.2. The quantitative estimate of drug-likeness (QED) is 0.794. The van der Waals surface area contributed by atoms with Crippen LogP contribution in [0, 0.1) is 0 Å². The van der Waals surface area contributed by atoms with Gasteiger partial charge in [-0.15, -0.1) is 0 Å². The molecule has 0 spiro atoms. The Bertz CT molecular complexity index is 459. The Morgan fingerprint density at radius 3 is 2.87 bits per heavy atom. The fraction of sp³-hybridized carbons (Fsp3) is 0.200. The van der Waals surface area contributed by atoms with E-state index in [9.17, 15) is 0 Å². The number of aryl methyl sites for hydroxylation is 1. The monoisotopic (exact) mass is 204 g/mol. The van der Waals surface area contributed by atoms with Gasteiger partial charge < -0.3 is 10.5 Å². The van der Waals surface area contributed by atoms with E-state index in [4.69, 9.17) is 10.5 Å². The standard InChI is InChI=1S/C10H12N4O/c1-14-9(8(11)6-13-14)7-4-3-5-12-10(7)15-2/h3-6H,11H2,1-2H3. The molecule has 2 rings (SSSR count). The minimum Gasteiger partial charge on any atom is -0.481 e. The van der Waals surface area contributed by atoms with Gasteiger partial charge in [0.1, 0.15) is 0 Å². The lowest BCUT2D eigenvalue weighted by Crippen LogP contribution is -1.99. The van der Waals surface area contributed by atoms with Crippen molar-refractivity contribution in [3.05, 3.63) is 24.5 Å². The number of nitrogen functional groups attached to an aromatic ring is 1. The van der Waals surface area contributed by atoms with Gasteiger partial charge in [0.05, 0.1) is 30.3 Å². The summed E-state index contributed by atoms with van der Waals surface area (Å²) >= 11 is 0. The Balaban J connectivity index is 2.63. The van der Waals surface area contributed by atoms with E-state index >= 15 is 0 Å². The van der Waals surface area contributed by atoms with Gasteiger partial charge in [0.2, 0.25) is 5.88 Å². The van der Waals surface area contributed by atoms with Gasteiger partial charge in [0, 0.05) is 13.2 Å². The normalized spacial score (nSPS) is 10.3. The third-order valence-corrected chi connectivity index (χ3v) is 2.19. The largest absolute Gasteiger partial charge is 0.481 e. The van der Waals surface area contributed by atoms with E-state index in [2.05, 4.69) is 10.1 Å².